The first-order chi connectivity index (χ1) is 14.9. The van der Waals surface area contributed by atoms with E-state index in [1.807, 2.05) is 18.5 Å². The molecule has 0 atom stereocenters. The summed E-state index contributed by atoms with van der Waals surface area (Å²) in [6.45, 7) is 6.87. The second-order valence-electron chi connectivity index (χ2n) is 8.60. The predicted octanol–water partition coefficient (Wildman–Crippen LogP) is 1.82. The van der Waals surface area contributed by atoms with Gasteiger partial charge in [0.25, 0.3) is 5.91 Å². The Balaban J connectivity index is 1.46. The number of aromatic nitrogens is 4. The van der Waals surface area contributed by atoms with E-state index in [0.29, 0.717) is 31.6 Å². The molecule has 1 spiro atoms. The Morgan fingerprint density at radius 3 is 2.77 bits per heavy atom. The Hall–Kier alpha value is -2.68. The summed E-state index contributed by atoms with van der Waals surface area (Å²) in [4.78, 5) is 25.2. The molecular weight excluding hydrogens is 398 g/mol. The summed E-state index contributed by atoms with van der Waals surface area (Å²) in [5, 5.41) is 12.1. The van der Waals surface area contributed by atoms with Crippen molar-refractivity contribution >= 4 is 11.9 Å². The molecule has 1 N–H and O–H groups in total. The molecular formula is C22H31N5O4. The van der Waals surface area contributed by atoms with E-state index < -0.39 is 0 Å². The van der Waals surface area contributed by atoms with Gasteiger partial charge in [0, 0.05) is 39.8 Å². The van der Waals surface area contributed by atoms with Gasteiger partial charge in [-0.1, -0.05) is 6.92 Å². The third-order valence-corrected chi connectivity index (χ3v) is 6.37. The second kappa shape index (κ2) is 8.82. The van der Waals surface area contributed by atoms with Crippen LogP contribution in [0.5, 0.6) is 0 Å². The van der Waals surface area contributed by atoms with E-state index in [4.69, 9.17) is 14.6 Å². The quantitative estimate of drug-likeness (QED) is 0.555. The summed E-state index contributed by atoms with van der Waals surface area (Å²) in [5.74, 6) is -0.406. The van der Waals surface area contributed by atoms with Gasteiger partial charge in [-0.15, -0.1) is 0 Å². The molecule has 31 heavy (non-hydrogen) atoms. The van der Waals surface area contributed by atoms with Crippen LogP contribution in [0.25, 0.3) is 0 Å². The average molecular weight is 430 g/mol. The van der Waals surface area contributed by atoms with Gasteiger partial charge >= 0.3 is 5.97 Å². The Bertz CT molecular complexity index is 971. The maximum atomic E-state index is 12.9. The molecule has 0 unspecified atom stereocenters. The predicted molar refractivity (Wildman–Crippen MR) is 113 cm³/mol. The van der Waals surface area contributed by atoms with Crippen molar-refractivity contribution in [1.29, 1.82) is 0 Å². The van der Waals surface area contributed by atoms with Crippen LogP contribution < -0.4 is 5.32 Å². The van der Waals surface area contributed by atoms with Crippen LogP contribution in [-0.4, -0.2) is 57.8 Å². The third kappa shape index (κ3) is 4.37. The number of hydrogen-bond donors (Lipinski definition) is 1. The van der Waals surface area contributed by atoms with Crippen molar-refractivity contribution in [3.05, 3.63) is 34.4 Å². The fourth-order valence-corrected chi connectivity index (χ4v) is 4.61. The fourth-order valence-electron chi connectivity index (χ4n) is 4.61. The number of fused-ring (bicyclic) bond motifs is 1. The number of esters is 1. The molecule has 4 heterocycles. The van der Waals surface area contributed by atoms with Crippen LogP contribution in [0.2, 0.25) is 0 Å². The highest BCUT2D eigenvalue weighted by Gasteiger charge is 2.39. The molecule has 0 aliphatic carbocycles. The highest BCUT2D eigenvalue weighted by atomic mass is 16.5. The number of amides is 1. The lowest BCUT2D eigenvalue weighted by molar-refractivity contribution is 0.0152. The van der Waals surface area contributed by atoms with E-state index in [-0.39, 0.29) is 23.9 Å². The molecule has 1 fully saturated rings. The van der Waals surface area contributed by atoms with Crippen LogP contribution in [0.1, 0.15) is 64.1 Å². The van der Waals surface area contributed by atoms with E-state index in [9.17, 15) is 9.59 Å². The van der Waals surface area contributed by atoms with Gasteiger partial charge in [-0.05, 0) is 44.1 Å². The molecule has 0 bridgehead atoms. The number of carbonyl (C=O) groups is 2. The summed E-state index contributed by atoms with van der Waals surface area (Å²) in [6.07, 6.45) is 4.00. The molecule has 9 nitrogen and oxygen atoms in total. The van der Waals surface area contributed by atoms with E-state index >= 15 is 0 Å². The van der Waals surface area contributed by atoms with Crippen LogP contribution >= 0.6 is 0 Å². The Morgan fingerprint density at radius 1 is 1.32 bits per heavy atom. The molecule has 2 aromatic rings. The number of hydrogen-bond acceptors (Lipinski definition) is 6. The molecule has 0 saturated carbocycles. The minimum Gasteiger partial charge on any atom is -0.461 e. The van der Waals surface area contributed by atoms with Crippen LogP contribution in [-0.2, 0) is 35.9 Å². The van der Waals surface area contributed by atoms with Crippen molar-refractivity contribution in [3.8, 4) is 0 Å². The lowest BCUT2D eigenvalue weighted by atomic mass is 9.76. The zero-order valence-corrected chi connectivity index (χ0v) is 18.6. The number of aryl methyl sites for hydroxylation is 4. The van der Waals surface area contributed by atoms with E-state index in [1.165, 1.54) is 4.68 Å². The van der Waals surface area contributed by atoms with E-state index in [1.54, 1.807) is 13.1 Å². The Labute approximate surface area is 182 Å². The molecule has 1 saturated heterocycles. The molecule has 1 amide bonds. The first kappa shape index (κ1) is 21.5. The lowest BCUT2D eigenvalue weighted by Crippen LogP contribution is -2.40. The van der Waals surface area contributed by atoms with Crippen LogP contribution in [0.4, 0.5) is 0 Å². The van der Waals surface area contributed by atoms with Gasteiger partial charge in [-0.3, -0.25) is 14.2 Å². The van der Waals surface area contributed by atoms with Gasteiger partial charge in [-0.2, -0.15) is 10.2 Å². The molecule has 9 heteroatoms. The van der Waals surface area contributed by atoms with E-state index in [2.05, 4.69) is 10.4 Å². The molecule has 2 aromatic heterocycles. The number of nitrogens with one attached hydrogen (secondary N) is 1. The third-order valence-electron chi connectivity index (χ3n) is 6.37. The molecule has 2 aliphatic heterocycles. The van der Waals surface area contributed by atoms with Crippen LogP contribution in [0.3, 0.4) is 0 Å². The molecule has 2 aliphatic rings. The molecule has 4 rings (SSSR count). The standard InChI is InChI=1S/C22H31N5O4/c1-4-16-19-18(13-22(14-23-20(19)28)6-10-30-11-7-22)27(25-16)8-5-9-31-21(29)17-12-15(2)24-26(17)3/h12H,4-11,13-14H2,1-3H3,(H,23,28). The number of nitrogens with zero attached hydrogens (tertiary/aromatic N) is 4. The summed E-state index contributed by atoms with van der Waals surface area (Å²) < 4.78 is 14.5. The highest BCUT2D eigenvalue weighted by Crippen LogP contribution is 2.37. The summed E-state index contributed by atoms with van der Waals surface area (Å²) in [5.41, 5.74) is 3.80. The van der Waals surface area contributed by atoms with Crippen molar-refractivity contribution in [2.75, 3.05) is 26.4 Å². The van der Waals surface area contributed by atoms with E-state index in [0.717, 1.165) is 55.1 Å². The molecule has 0 radical (unpaired) electrons. The lowest BCUT2D eigenvalue weighted by Gasteiger charge is -2.36. The van der Waals surface area contributed by atoms with Crippen LogP contribution in [0.15, 0.2) is 6.07 Å². The minimum atomic E-state index is -0.378. The molecule has 168 valence electrons. The minimum absolute atomic E-state index is 0.0197. The average Bonchev–Trinajstić information content (AvgIpc) is 3.24. The molecule has 0 aromatic carbocycles. The topological polar surface area (TPSA) is 100 Å². The number of carbonyl (C=O) groups excluding carboxylic acids is 2. The van der Waals surface area contributed by atoms with Gasteiger partial charge in [-0.25, -0.2) is 4.79 Å². The van der Waals surface area contributed by atoms with Crippen molar-refractivity contribution in [1.82, 2.24) is 24.9 Å². The maximum Gasteiger partial charge on any atom is 0.356 e. The van der Waals surface area contributed by atoms with Gasteiger partial charge in [0.05, 0.1) is 29.3 Å². The highest BCUT2D eigenvalue weighted by molar-refractivity contribution is 5.97. The SMILES string of the molecule is CCc1nn(CCCOC(=O)c2cc(C)nn2C)c2c1C(=O)NCC1(CCOCC1)C2. The van der Waals surface area contributed by atoms with Gasteiger partial charge < -0.3 is 14.8 Å². The van der Waals surface area contributed by atoms with Gasteiger partial charge in [0.15, 0.2) is 0 Å². The summed E-state index contributed by atoms with van der Waals surface area (Å²) in [7, 11) is 1.73. The normalized spacial score (nSPS) is 17.8. The second-order valence-corrected chi connectivity index (χ2v) is 8.60. The zero-order valence-electron chi connectivity index (χ0n) is 18.6. The number of ether oxygens (including phenoxy) is 2. The first-order valence-electron chi connectivity index (χ1n) is 11.0. The van der Waals surface area contributed by atoms with Gasteiger partial charge in [0.1, 0.15) is 5.69 Å². The zero-order chi connectivity index (χ0) is 22.0. The van der Waals surface area contributed by atoms with Crippen molar-refractivity contribution in [2.24, 2.45) is 12.5 Å². The summed E-state index contributed by atoms with van der Waals surface area (Å²) in [6, 6.07) is 1.72. The first-order valence-corrected chi connectivity index (χ1v) is 11.0. The van der Waals surface area contributed by atoms with Crippen molar-refractivity contribution in [3.63, 3.8) is 0 Å². The summed E-state index contributed by atoms with van der Waals surface area (Å²) >= 11 is 0. The largest absolute Gasteiger partial charge is 0.461 e. The fraction of sp³-hybridized carbons (Fsp3) is 0.636. The van der Waals surface area contributed by atoms with Crippen LogP contribution in [0, 0.1) is 12.3 Å². The maximum absolute atomic E-state index is 12.9. The van der Waals surface area contributed by atoms with Crippen molar-refractivity contribution < 1.29 is 19.1 Å². The Morgan fingerprint density at radius 2 is 2.10 bits per heavy atom. The number of rotatable bonds is 6. The monoisotopic (exact) mass is 429 g/mol. The van der Waals surface area contributed by atoms with Gasteiger partial charge in [0.2, 0.25) is 0 Å². The smallest absolute Gasteiger partial charge is 0.356 e. The Kier molecular flexibility index (Phi) is 6.13. The van der Waals surface area contributed by atoms with Crippen molar-refractivity contribution in [2.45, 2.75) is 52.5 Å².